The van der Waals surface area contributed by atoms with Crippen LogP contribution in [-0.4, -0.2) is 0 Å². The molecule has 0 atom stereocenters. The molecule has 0 fully saturated rings. The smallest absolute Gasteiger partial charge is 0.0540 e. The summed E-state index contributed by atoms with van der Waals surface area (Å²) in [6.07, 6.45) is 0. The number of hydrogen-bond acceptors (Lipinski definition) is 2. The number of aryl methyl sites for hydroxylation is 4. The van der Waals surface area contributed by atoms with Gasteiger partial charge in [0.2, 0.25) is 0 Å². The van der Waals surface area contributed by atoms with E-state index in [-0.39, 0.29) is 0 Å². The summed E-state index contributed by atoms with van der Waals surface area (Å²) in [7, 11) is 0. The molecule has 0 unspecified atom stereocenters. The number of hydrogen-bond donors (Lipinski definition) is 0. The summed E-state index contributed by atoms with van der Waals surface area (Å²) < 4.78 is 0. The monoisotopic (exact) mass is 1150 g/mol. The number of fused-ring (bicyclic) bond motifs is 12. The molecule has 90 heavy (non-hydrogen) atoms. The molecule has 0 spiro atoms. The molecule has 2 heteroatoms. The van der Waals surface area contributed by atoms with E-state index in [0.717, 1.165) is 34.1 Å². The summed E-state index contributed by atoms with van der Waals surface area (Å²) in [6.45, 7) is 9.17. The summed E-state index contributed by atoms with van der Waals surface area (Å²) in [5.41, 5.74) is 23.5. The van der Waals surface area contributed by atoms with Gasteiger partial charge in [0, 0.05) is 33.9 Å². The van der Waals surface area contributed by atoms with E-state index in [9.17, 15) is 0 Å². The van der Waals surface area contributed by atoms with E-state index in [2.05, 4.69) is 353 Å². The molecule has 0 heterocycles. The highest BCUT2D eigenvalue weighted by molar-refractivity contribution is 6.27. The van der Waals surface area contributed by atoms with Crippen LogP contribution in [0.25, 0.3) is 120 Å². The third-order valence-electron chi connectivity index (χ3n) is 18.7. The summed E-state index contributed by atoms with van der Waals surface area (Å²) in [6, 6.07) is 116. The van der Waals surface area contributed by atoms with Crippen molar-refractivity contribution in [1.29, 1.82) is 0 Å². The SMILES string of the molecule is Cc1cc(N(c2ccc(-c3ccc4c5ccccc5c5ccccc5c4c3)cc2)c2ccccc2-c2ccccc2)cc(C)c1-c1c(C)cc(N(c2ccc(-c3ccc4c5ccccc5c5ccccc5c4c3)cc2)c2ccccc2-c2ccccc2)cc1C. The number of nitrogens with zero attached hydrogens (tertiary/aromatic N) is 2. The first-order valence-electron chi connectivity index (χ1n) is 31.3. The zero-order chi connectivity index (χ0) is 60.4. The van der Waals surface area contributed by atoms with E-state index in [4.69, 9.17) is 0 Å². The van der Waals surface area contributed by atoms with E-state index in [0.29, 0.717) is 0 Å². The quantitative estimate of drug-likeness (QED) is 0.119. The summed E-state index contributed by atoms with van der Waals surface area (Å²) in [4.78, 5) is 4.91. The van der Waals surface area contributed by atoms with Gasteiger partial charge in [-0.2, -0.15) is 0 Å². The van der Waals surface area contributed by atoms with Crippen molar-refractivity contribution in [2.75, 3.05) is 9.80 Å². The Bertz CT molecular complexity index is 4990. The lowest BCUT2D eigenvalue weighted by Gasteiger charge is -2.31. The third-order valence-corrected chi connectivity index (χ3v) is 18.7. The number of anilines is 6. The largest absolute Gasteiger partial charge is 0.310 e. The summed E-state index contributed by atoms with van der Waals surface area (Å²) in [5, 5.41) is 15.4. The first kappa shape index (κ1) is 54.1. The van der Waals surface area contributed by atoms with Gasteiger partial charge in [0.1, 0.15) is 0 Å². The van der Waals surface area contributed by atoms with Crippen LogP contribution in [0.4, 0.5) is 34.1 Å². The minimum atomic E-state index is 1.09. The molecule has 0 bridgehead atoms. The Balaban J connectivity index is 0.787. The van der Waals surface area contributed by atoms with E-state index in [1.807, 2.05) is 0 Å². The Hall–Kier alpha value is -11.3. The molecule has 16 aromatic rings. The highest BCUT2D eigenvalue weighted by atomic mass is 15.2. The Kier molecular flexibility index (Phi) is 13.5. The van der Waals surface area contributed by atoms with Crippen molar-refractivity contribution in [1.82, 2.24) is 0 Å². The van der Waals surface area contributed by atoms with E-state index >= 15 is 0 Å². The maximum atomic E-state index is 2.45. The van der Waals surface area contributed by atoms with Gasteiger partial charge in [-0.25, -0.2) is 0 Å². The fourth-order valence-corrected chi connectivity index (χ4v) is 14.6. The molecular weight excluding hydrogens is 1080 g/mol. The van der Waals surface area contributed by atoms with Crippen molar-refractivity contribution in [3.8, 4) is 55.6 Å². The number of rotatable bonds is 11. The van der Waals surface area contributed by atoms with Crippen LogP contribution in [0, 0.1) is 27.7 Å². The Morgan fingerprint density at radius 1 is 0.178 bits per heavy atom. The Morgan fingerprint density at radius 3 is 0.756 bits per heavy atom. The summed E-state index contributed by atoms with van der Waals surface area (Å²) >= 11 is 0. The van der Waals surface area contributed by atoms with E-state index in [1.165, 1.54) is 143 Å². The number of benzene rings is 16. The van der Waals surface area contributed by atoms with Crippen molar-refractivity contribution in [2.24, 2.45) is 0 Å². The lowest BCUT2D eigenvalue weighted by Crippen LogP contribution is -2.13. The fourth-order valence-electron chi connectivity index (χ4n) is 14.6. The molecule has 426 valence electrons. The molecular formula is C88H64N2. The first-order valence-corrected chi connectivity index (χ1v) is 31.3. The Labute approximate surface area is 526 Å². The average molecular weight is 1150 g/mol. The van der Waals surface area contributed by atoms with Crippen molar-refractivity contribution in [3.63, 3.8) is 0 Å². The van der Waals surface area contributed by atoms with Gasteiger partial charge < -0.3 is 9.80 Å². The maximum Gasteiger partial charge on any atom is 0.0540 e. The molecule has 0 saturated heterocycles. The molecule has 16 rings (SSSR count). The summed E-state index contributed by atoms with van der Waals surface area (Å²) in [5.74, 6) is 0. The third kappa shape index (κ3) is 9.35. The van der Waals surface area contributed by atoms with Crippen LogP contribution >= 0.6 is 0 Å². The van der Waals surface area contributed by atoms with E-state index in [1.54, 1.807) is 0 Å². The fraction of sp³-hybridized carbons (Fsp3) is 0.0455. The van der Waals surface area contributed by atoms with Gasteiger partial charge in [-0.1, -0.05) is 243 Å². The minimum absolute atomic E-state index is 1.09. The molecule has 16 aromatic carbocycles. The molecule has 0 amide bonds. The number of para-hydroxylation sites is 2. The molecule has 0 radical (unpaired) electrons. The van der Waals surface area contributed by atoms with Gasteiger partial charge in [-0.3, -0.25) is 0 Å². The zero-order valence-electron chi connectivity index (χ0n) is 50.9. The molecule has 2 nitrogen and oxygen atoms in total. The molecule has 0 aliphatic heterocycles. The van der Waals surface area contributed by atoms with Gasteiger partial charge in [0.05, 0.1) is 11.4 Å². The normalized spacial score (nSPS) is 11.6. The molecule has 0 aliphatic rings. The van der Waals surface area contributed by atoms with Gasteiger partial charge >= 0.3 is 0 Å². The average Bonchev–Trinajstić information content (AvgIpc) is 0.856. The van der Waals surface area contributed by atoms with Crippen LogP contribution in [0.15, 0.2) is 315 Å². The van der Waals surface area contributed by atoms with Crippen LogP contribution in [0.1, 0.15) is 22.3 Å². The van der Waals surface area contributed by atoms with Gasteiger partial charge in [0.15, 0.2) is 0 Å². The lowest BCUT2D eigenvalue weighted by atomic mass is 9.88. The second kappa shape index (κ2) is 22.4. The van der Waals surface area contributed by atoms with E-state index < -0.39 is 0 Å². The topological polar surface area (TPSA) is 6.48 Å². The molecule has 0 aliphatic carbocycles. The first-order chi connectivity index (χ1) is 44.3. The molecule has 0 N–H and O–H groups in total. The second-order valence-corrected chi connectivity index (χ2v) is 24.1. The lowest BCUT2D eigenvalue weighted by molar-refractivity contribution is 1.23. The van der Waals surface area contributed by atoms with Gasteiger partial charge in [-0.05, 0) is 232 Å². The maximum absolute atomic E-state index is 2.45. The Morgan fingerprint density at radius 2 is 0.433 bits per heavy atom. The van der Waals surface area contributed by atoms with Gasteiger partial charge in [0.25, 0.3) is 0 Å². The van der Waals surface area contributed by atoms with Crippen molar-refractivity contribution < 1.29 is 0 Å². The predicted molar refractivity (Wildman–Crippen MR) is 387 cm³/mol. The molecule has 0 aromatic heterocycles. The predicted octanol–water partition coefficient (Wildman–Crippen LogP) is 25.1. The highest BCUT2D eigenvalue weighted by Gasteiger charge is 2.24. The minimum Gasteiger partial charge on any atom is -0.310 e. The standard InChI is InChI=1S/C88H64N2/c1-57-51-69(89(85-37-21-19-27-71(85)63-23-7-5-8-24-63)67-45-39-61(40-46-67)65-43-49-81-77-33-13-11-29-73(77)75-31-15-17-35-79(75)83(81)55-65)52-58(2)87(57)88-59(3)53-70(54-60(88)4)90(86-38-22-20-28-72(86)64-25-9-6-10-26-64)68-47-41-62(42-48-68)66-44-50-82-78-34-14-12-30-74(78)76-32-16-18-36-80(76)84(82)56-66/h5-56H,1-4H3. The van der Waals surface area contributed by atoms with Crippen LogP contribution in [0.5, 0.6) is 0 Å². The second-order valence-electron chi connectivity index (χ2n) is 24.1. The van der Waals surface area contributed by atoms with Crippen LogP contribution in [0.3, 0.4) is 0 Å². The van der Waals surface area contributed by atoms with Crippen molar-refractivity contribution in [2.45, 2.75) is 27.7 Å². The highest BCUT2D eigenvalue weighted by Crippen LogP contribution is 2.48. The van der Waals surface area contributed by atoms with Crippen LogP contribution in [0.2, 0.25) is 0 Å². The molecule has 0 saturated carbocycles. The van der Waals surface area contributed by atoms with Crippen LogP contribution in [-0.2, 0) is 0 Å². The van der Waals surface area contributed by atoms with Crippen molar-refractivity contribution >= 4 is 98.8 Å². The van der Waals surface area contributed by atoms with Crippen LogP contribution < -0.4 is 9.80 Å². The van der Waals surface area contributed by atoms with Crippen molar-refractivity contribution in [3.05, 3.63) is 338 Å². The van der Waals surface area contributed by atoms with Gasteiger partial charge in [-0.15, -0.1) is 0 Å². The zero-order valence-corrected chi connectivity index (χ0v) is 50.9.